The van der Waals surface area contributed by atoms with Crippen LogP contribution in [0.25, 0.3) is 0 Å². The van der Waals surface area contributed by atoms with Gasteiger partial charge in [0, 0.05) is 5.69 Å². The number of aliphatic carboxylic acids is 1. The van der Waals surface area contributed by atoms with Crippen LogP contribution in [-0.2, 0) is 14.3 Å². The molecule has 136 valence electrons. The van der Waals surface area contributed by atoms with Crippen molar-refractivity contribution in [1.29, 1.82) is 0 Å². The Kier molecular flexibility index (Phi) is 6.98. The largest absolute Gasteiger partial charge is 0.481 e. The zero-order valence-electron chi connectivity index (χ0n) is 14.5. The SMILES string of the molecule is CCCCOC(=O)c1cccc(NC(=O)C2CCCCC2C(=O)O)c1. The van der Waals surface area contributed by atoms with Gasteiger partial charge in [-0.2, -0.15) is 0 Å². The molecule has 0 saturated heterocycles. The second-order valence-electron chi connectivity index (χ2n) is 6.40. The number of esters is 1. The van der Waals surface area contributed by atoms with Gasteiger partial charge in [0.2, 0.25) is 5.91 Å². The van der Waals surface area contributed by atoms with Crippen LogP contribution in [0.2, 0.25) is 0 Å². The number of nitrogens with one attached hydrogen (secondary N) is 1. The highest BCUT2D eigenvalue weighted by Crippen LogP contribution is 2.31. The highest BCUT2D eigenvalue weighted by molar-refractivity contribution is 5.97. The number of benzene rings is 1. The Balaban J connectivity index is 2.02. The molecule has 1 amide bonds. The lowest BCUT2D eigenvalue weighted by Gasteiger charge is -2.27. The Morgan fingerprint density at radius 2 is 1.92 bits per heavy atom. The molecule has 25 heavy (non-hydrogen) atoms. The van der Waals surface area contributed by atoms with E-state index in [1.54, 1.807) is 24.3 Å². The van der Waals surface area contributed by atoms with Crippen LogP contribution in [0.1, 0.15) is 55.8 Å². The van der Waals surface area contributed by atoms with Crippen molar-refractivity contribution in [2.45, 2.75) is 45.4 Å². The second kappa shape index (κ2) is 9.20. The van der Waals surface area contributed by atoms with Crippen molar-refractivity contribution >= 4 is 23.5 Å². The Labute approximate surface area is 147 Å². The predicted octanol–water partition coefficient (Wildman–Crippen LogP) is 3.47. The van der Waals surface area contributed by atoms with Gasteiger partial charge in [0.25, 0.3) is 0 Å². The van der Waals surface area contributed by atoms with Crippen molar-refractivity contribution in [3.8, 4) is 0 Å². The Morgan fingerprint density at radius 3 is 2.60 bits per heavy atom. The Bertz CT molecular complexity index is 628. The van der Waals surface area contributed by atoms with Gasteiger partial charge >= 0.3 is 11.9 Å². The van der Waals surface area contributed by atoms with E-state index < -0.39 is 23.8 Å². The topological polar surface area (TPSA) is 92.7 Å². The number of amides is 1. The molecule has 0 spiro atoms. The van der Waals surface area contributed by atoms with Crippen LogP contribution in [0.5, 0.6) is 0 Å². The van der Waals surface area contributed by atoms with E-state index in [2.05, 4.69) is 5.32 Å². The fourth-order valence-electron chi connectivity index (χ4n) is 3.09. The quantitative estimate of drug-likeness (QED) is 0.582. The van der Waals surface area contributed by atoms with E-state index in [1.807, 2.05) is 6.92 Å². The van der Waals surface area contributed by atoms with Crippen molar-refractivity contribution in [1.82, 2.24) is 0 Å². The molecule has 2 unspecified atom stereocenters. The van der Waals surface area contributed by atoms with Gasteiger partial charge < -0.3 is 15.2 Å². The molecule has 1 aliphatic rings. The van der Waals surface area contributed by atoms with E-state index in [-0.39, 0.29) is 5.91 Å². The molecule has 1 aliphatic carbocycles. The molecule has 1 aromatic carbocycles. The summed E-state index contributed by atoms with van der Waals surface area (Å²) >= 11 is 0. The van der Waals surface area contributed by atoms with Crippen LogP contribution >= 0.6 is 0 Å². The number of carbonyl (C=O) groups excluding carboxylic acids is 2. The molecule has 2 atom stereocenters. The van der Waals surface area contributed by atoms with Crippen LogP contribution in [0.4, 0.5) is 5.69 Å². The van der Waals surface area contributed by atoms with Crippen molar-refractivity contribution in [3.63, 3.8) is 0 Å². The molecular weight excluding hydrogens is 322 g/mol. The van der Waals surface area contributed by atoms with E-state index >= 15 is 0 Å². The summed E-state index contributed by atoms with van der Waals surface area (Å²) in [5.74, 6) is -2.83. The van der Waals surface area contributed by atoms with Crippen molar-refractivity contribution in [2.24, 2.45) is 11.8 Å². The van der Waals surface area contributed by atoms with Crippen LogP contribution in [0.3, 0.4) is 0 Å². The number of carboxylic acids is 1. The zero-order chi connectivity index (χ0) is 18.2. The predicted molar refractivity (Wildman–Crippen MR) is 93.3 cm³/mol. The molecule has 0 aromatic heterocycles. The van der Waals surface area contributed by atoms with Crippen molar-refractivity contribution in [3.05, 3.63) is 29.8 Å². The monoisotopic (exact) mass is 347 g/mol. The van der Waals surface area contributed by atoms with Crippen LogP contribution in [-0.4, -0.2) is 29.6 Å². The molecule has 0 aliphatic heterocycles. The first kappa shape index (κ1) is 19.0. The third-order valence-electron chi connectivity index (χ3n) is 4.52. The number of hydrogen-bond acceptors (Lipinski definition) is 4. The Hall–Kier alpha value is -2.37. The fraction of sp³-hybridized carbons (Fsp3) is 0.526. The van der Waals surface area contributed by atoms with Gasteiger partial charge in [0.15, 0.2) is 0 Å². The minimum atomic E-state index is -0.923. The van der Waals surface area contributed by atoms with Crippen molar-refractivity contribution < 1.29 is 24.2 Å². The summed E-state index contributed by atoms with van der Waals surface area (Å²) in [7, 11) is 0. The van der Waals surface area contributed by atoms with Gasteiger partial charge in [-0.15, -0.1) is 0 Å². The molecule has 6 heteroatoms. The molecule has 1 fully saturated rings. The van der Waals surface area contributed by atoms with Gasteiger partial charge in [-0.25, -0.2) is 4.79 Å². The van der Waals surface area contributed by atoms with Crippen LogP contribution in [0.15, 0.2) is 24.3 Å². The van der Waals surface area contributed by atoms with Crippen LogP contribution < -0.4 is 5.32 Å². The first-order chi connectivity index (χ1) is 12.0. The first-order valence-electron chi connectivity index (χ1n) is 8.83. The number of anilines is 1. The summed E-state index contributed by atoms with van der Waals surface area (Å²) in [6, 6.07) is 6.54. The molecule has 0 radical (unpaired) electrons. The van der Waals surface area contributed by atoms with E-state index in [0.29, 0.717) is 30.7 Å². The molecule has 2 N–H and O–H groups in total. The van der Waals surface area contributed by atoms with Gasteiger partial charge in [-0.3, -0.25) is 9.59 Å². The number of hydrogen-bond donors (Lipinski definition) is 2. The highest BCUT2D eigenvalue weighted by Gasteiger charge is 2.35. The number of rotatable bonds is 7. The molecule has 1 saturated carbocycles. The van der Waals surface area contributed by atoms with E-state index in [9.17, 15) is 19.5 Å². The summed E-state index contributed by atoms with van der Waals surface area (Å²) in [6.45, 7) is 2.38. The lowest BCUT2D eigenvalue weighted by atomic mass is 9.78. The average Bonchev–Trinajstić information content (AvgIpc) is 2.62. The van der Waals surface area contributed by atoms with Gasteiger partial charge in [0.05, 0.1) is 24.0 Å². The standard InChI is InChI=1S/C19H25NO5/c1-2-3-11-25-19(24)13-7-6-8-14(12-13)20-17(21)15-9-4-5-10-16(15)18(22)23/h6-8,12,15-16H,2-5,9-11H2,1H3,(H,20,21)(H,22,23). The number of carboxylic acid groups (broad SMARTS) is 1. The summed E-state index contributed by atoms with van der Waals surface area (Å²) in [6.07, 6.45) is 4.53. The zero-order valence-corrected chi connectivity index (χ0v) is 14.5. The normalized spacial score (nSPS) is 19.9. The van der Waals surface area contributed by atoms with Crippen LogP contribution in [0, 0.1) is 11.8 Å². The Morgan fingerprint density at radius 1 is 1.20 bits per heavy atom. The summed E-state index contributed by atoms with van der Waals surface area (Å²) in [4.78, 5) is 35.8. The first-order valence-corrected chi connectivity index (χ1v) is 8.83. The summed E-state index contributed by atoms with van der Waals surface area (Å²) in [5, 5.41) is 12.1. The maximum absolute atomic E-state index is 12.5. The fourth-order valence-corrected chi connectivity index (χ4v) is 3.09. The number of carbonyl (C=O) groups is 3. The van der Waals surface area contributed by atoms with E-state index in [1.165, 1.54) is 0 Å². The average molecular weight is 347 g/mol. The molecule has 2 rings (SSSR count). The molecule has 0 heterocycles. The number of ether oxygens (including phenoxy) is 1. The smallest absolute Gasteiger partial charge is 0.338 e. The van der Waals surface area contributed by atoms with Gasteiger partial charge in [0.1, 0.15) is 0 Å². The van der Waals surface area contributed by atoms with Gasteiger partial charge in [-0.1, -0.05) is 32.3 Å². The maximum Gasteiger partial charge on any atom is 0.338 e. The third kappa shape index (κ3) is 5.31. The van der Waals surface area contributed by atoms with E-state index in [0.717, 1.165) is 25.7 Å². The van der Waals surface area contributed by atoms with E-state index in [4.69, 9.17) is 4.74 Å². The lowest BCUT2D eigenvalue weighted by molar-refractivity contribution is -0.147. The molecular formula is C19H25NO5. The van der Waals surface area contributed by atoms with Crippen molar-refractivity contribution in [2.75, 3.05) is 11.9 Å². The molecule has 1 aromatic rings. The maximum atomic E-state index is 12.5. The molecule has 0 bridgehead atoms. The minimum absolute atomic E-state index is 0.302. The number of unbranched alkanes of at least 4 members (excludes halogenated alkanes) is 1. The molecule has 6 nitrogen and oxygen atoms in total. The van der Waals surface area contributed by atoms with Gasteiger partial charge in [-0.05, 0) is 37.5 Å². The summed E-state index contributed by atoms with van der Waals surface area (Å²) in [5.41, 5.74) is 0.844. The minimum Gasteiger partial charge on any atom is -0.481 e. The third-order valence-corrected chi connectivity index (χ3v) is 4.52. The lowest BCUT2D eigenvalue weighted by Crippen LogP contribution is -2.36. The highest BCUT2D eigenvalue weighted by atomic mass is 16.5. The second-order valence-corrected chi connectivity index (χ2v) is 6.40. The summed E-state index contributed by atoms with van der Waals surface area (Å²) < 4.78 is 5.16.